The minimum Gasteiger partial charge on any atom is -0.385 e. The van der Waals surface area contributed by atoms with Crippen molar-refractivity contribution in [3.8, 4) is 0 Å². The number of benzene rings is 1. The van der Waals surface area contributed by atoms with E-state index in [1.165, 1.54) is 0 Å². The molecule has 0 atom stereocenters. The number of halogens is 3. The maximum atomic E-state index is 6.22. The smallest absolute Gasteiger partial charge is 0.191 e. The highest BCUT2D eigenvalue weighted by molar-refractivity contribution is 14.0. The molecule has 138 valence electrons. The number of ether oxygens (including phenoxy) is 1. The van der Waals surface area contributed by atoms with Crippen LogP contribution in [-0.4, -0.2) is 58.3 Å². The van der Waals surface area contributed by atoms with E-state index >= 15 is 0 Å². The molecule has 24 heavy (non-hydrogen) atoms. The number of nitrogens with zero attached hydrogens (tertiary/aromatic N) is 2. The van der Waals surface area contributed by atoms with Gasteiger partial charge in [0.25, 0.3) is 0 Å². The molecule has 5 nitrogen and oxygen atoms in total. The van der Waals surface area contributed by atoms with Gasteiger partial charge < -0.3 is 20.3 Å². The molecule has 0 amide bonds. The van der Waals surface area contributed by atoms with Crippen LogP contribution in [0.5, 0.6) is 0 Å². The molecule has 0 saturated carbocycles. The Labute approximate surface area is 175 Å². The van der Waals surface area contributed by atoms with Crippen molar-refractivity contribution < 1.29 is 4.74 Å². The Morgan fingerprint density at radius 3 is 2.71 bits per heavy atom. The van der Waals surface area contributed by atoms with Crippen LogP contribution in [0.25, 0.3) is 0 Å². The van der Waals surface area contributed by atoms with E-state index in [1.807, 2.05) is 18.2 Å². The van der Waals surface area contributed by atoms with Crippen molar-refractivity contribution in [3.63, 3.8) is 0 Å². The highest BCUT2D eigenvalue weighted by Gasteiger charge is 2.04. The number of hydrogen-bond acceptors (Lipinski definition) is 3. The molecule has 0 radical (unpaired) electrons. The predicted octanol–water partition coefficient (Wildman–Crippen LogP) is 3.35. The van der Waals surface area contributed by atoms with Gasteiger partial charge in [-0.1, -0.05) is 33.6 Å². The molecule has 0 fully saturated rings. The number of hydrogen-bond donors (Lipinski definition) is 2. The lowest BCUT2D eigenvalue weighted by molar-refractivity contribution is 0.180. The third kappa shape index (κ3) is 10.0. The summed E-state index contributed by atoms with van der Waals surface area (Å²) in [5.74, 6) is 0.772. The SMILES string of the molecule is CN=C(NCCN(C)CCCOC)NCc1ccc(Br)cc1Cl.I. The van der Waals surface area contributed by atoms with Crippen LogP contribution >= 0.6 is 51.5 Å². The normalized spacial score (nSPS) is 11.3. The first kappa shape index (κ1) is 23.9. The van der Waals surface area contributed by atoms with Crippen LogP contribution in [0.4, 0.5) is 0 Å². The van der Waals surface area contributed by atoms with Crippen LogP contribution in [0.1, 0.15) is 12.0 Å². The van der Waals surface area contributed by atoms with E-state index in [0.29, 0.717) is 6.54 Å². The van der Waals surface area contributed by atoms with Gasteiger partial charge in [0.15, 0.2) is 5.96 Å². The van der Waals surface area contributed by atoms with E-state index in [9.17, 15) is 0 Å². The second kappa shape index (κ2) is 14.1. The fraction of sp³-hybridized carbons (Fsp3) is 0.562. The molecule has 0 aromatic heterocycles. The van der Waals surface area contributed by atoms with E-state index in [0.717, 1.165) is 53.7 Å². The van der Waals surface area contributed by atoms with E-state index in [-0.39, 0.29) is 24.0 Å². The molecule has 2 N–H and O–H groups in total. The van der Waals surface area contributed by atoms with Gasteiger partial charge in [-0.2, -0.15) is 0 Å². The molecule has 8 heteroatoms. The number of aliphatic imine (C=N–C) groups is 1. The number of rotatable bonds is 9. The molecule has 0 spiro atoms. The third-order valence-electron chi connectivity index (χ3n) is 3.36. The van der Waals surface area contributed by atoms with Gasteiger partial charge >= 0.3 is 0 Å². The highest BCUT2D eigenvalue weighted by atomic mass is 127. The quantitative estimate of drug-likeness (QED) is 0.221. The third-order valence-corrected chi connectivity index (χ3v) is 4.20. The van der Waals surface area contributed by atoms with Crippen molar-refractivity contribution in [3.05, 3.63) is 33.3 Å². The Hall–Kier alpha value is -0.0900. The largest absolute Gasteiger partial charge is 0.385 e. The minimum absolute atomic E-state index is 0. The summed E-state index contributed by atoms with van der Waals surface area (Å²) in [5.41, 5.74) is 1.04. The number of likely N-dealkylation sites (N-methyl/N-ethyl adjacent to an activating group) is 1. The summed E-state index contributed by atoms with van der Waals surface area (Å²) >= 11 is 9.62. The standard InChI is InChI=1S/C16H26BrClN4O.HI/c1-19-16(20-7-9-22(2)8-4-10-23-3)21-12-13-5-6-14(17)11-15(13)18;/h5-6,11H,4,7-10,12H2,1-3H3,(H2,19,20,21);1H. The van der Waals surface area contributed by atoms with Crippen LogP contribution in [0, 0.1) is 0 Å². The first-order valence-corrected chi connectivity index (χ1v) is 8.80. The van der Waals surface area contributed by atoms with E-state index < -0.39 is 0 Å². The molecule has 0 aliphatic heterocycles. The lowest BCUT2D eigenvalue weighted by Crippen LogP contribution is -2.40. The molecule has 0 bridgehead atoms. The van der Waals surface area contributed by atoms with Crippen molar-refractivity contribution in [2.45, 2.75) is 13.0 Å². The first-order valence-electron chi connectivity index (χ1n) is 7.62. The lowest BCUT2D eigenvalue weighted by atomic mass is 10.2. The molecular formula is C16H27BrClIN4O. The van der Waals surface area contributed by atoms with Gasteiger partial charge in [-0.15, -0.1) is 24.0 Å². The van der Waals surface area contributed by atoms with Gasteiger partial charge in [-0.25, -0.2) is 0 Å². The van der Waals surface area contributed by atoms with Crippen LogP contribution in [0.15, 0.2) is 27.7 Å². The van der Waals surface area contributed by atoms with Gasteiger partial charge in [0.2, 0.25) is 0 Å². The molecule has 0 heterocycles. The molecule has 1 aromatic carbocycles. The van der Waals surface area contributed by atoms with Crippen LogP contribution in [0.3, 0.4) is 0 Å². The van der Waals surface area contributed by atoms with Gasteiger partial charge in [0, 0.05) is 56.4 Å². The maximum absolute atomic E-state index is 6.22. The first-order chi connectivity index (χ1) is 11.1. The second-order valence-corrected chi connectivity index (χ2v) is 6.56. The fourth-order valence-corrected chi connectivity index (χ4v) is 2.76. The van der Waals surface area contributed by atoms with Crippen molar-refractivity contribution in [2.24, 2.45) is 4.99 Å². The summed E-state index contributed by atoms with van der Waals surface area (Å²) in [7, 11) is 5.60. The van der Waals surface area contributed by atoms with Crippen LogP contribution in [0.2, 0.25) is 5.02 Å². The van der Waals surface area contributed by atoms with Gasteiger partial charge in [0.1, 0.15) is 0 Å². The fourth-order valence-electron chi connectivity index (χ4n) is 2.02. The Morgan fingerprint density at radius 2 is 2.08 bits per heavy atom. The molecule has 0 saturated heterocycles. The number of nitrogens with one attached hydrogen (secondary N) is 2. The number of guanidine groups is 1. The molecule has 0 aliphatic carbocycles. The van der Waals surface area contributed by atoms with E-state index in [2.05, 4.69) is 43.5 Å². The maximum Gasteiger partial charge on any atom is 0.191 e. The van der Waals surface area contributed by atoms with Crippen molar-refractivity contribution in [1.82, 2.24) is 15.5 Å². The van der Waals surface area contributed by atoms with Gasteiger partial charge in [-0.3, -0.25) is 4.99 Å². The lowest BCUT2D eigenvalue weighted by Gasteiger charge is -2.18. The van der Waals surface area contributed by atoms with Crippen molar-refractivity contribution >= 4 is 57.5 Å². The molecule has 0 unspecified atom stereocenters. The summed E-state index contributed by atoms with van der Waals surface area (Å²) in [4.78, 5) is 6.49. The average Bonchev–Trinajstić information content (AvgIpc) is 2.52. The van der Waals surface area contributed by atoms with Crippen LogP contribution < -0.4 is 10.6 Å². The zero-order valence-electron chi connectivity index (χ0n) is 14.4. The topological polar surface area (TPSA) is 48.9 Å². The molecule has 0 aliphatic rings. The predicted molar refractivity (Wildman–Crippen MR) is 117 cm³/mol. The zero-order valence-corrected chi connectivity index (χ0v) is 19.1. The average molecular weight is 534 g/mol. The molecular weight excluding hydrogens is 506 g/mol. The Balaban J connectivity index is 0.00000529. The monoisotopic (exact) mass is 532 g/mol. The van der Waals surface area contributed by atoms with E-state index in [4.69, 9.17) is 16.3 Å². The molecule has 1 rings (SSSR count). The Kier molecular flexibility index (Phi) is 14.1. The summed E-state index contributed by atoms with van der Waals surface area (Å²) in [6.45, 7) is 4.24. The van der Waals surface area contributed by atoms with E-state index in [1.54, 1.807) is 14.2 Å². The second-order valence-electron chi connectivity index (χ2n) is 5.24. The Morgan fingerprint density at radius 1 is 1.33 bits per heavy atom. The number of methoxy groups -OCH3 is 1. The summed E-state index contributed by atoms with van der Waals surface area (Å²) in [5, 5.41) is 7.31. The zero-order chi connectivity index (χ0) is 17.1. The minimum atomic E-state index is 0. The van der Waals surface area contributed by atoms with Crippen LogP contribution in [-0.2, 0) is 11.3 Å². The summed E-state index contributed by atoms with van der Waals surface area (Å²) in [6, 6.07) is 5.87. The highest BCUT2D eigenvalue weighted by Crippen LogP contribution is 2.20. The Bertz CT molecular complexity index is 505. The van der Waals surface area contributed by atoms with Gasteiger partial charge in [0.05, 0.1) is 0 Å². The summed E-state index contributed by atoms with van der Waals surface area (Å²) in [6.07, 6.45) is 1.04. The summed E-state index contributed by atoms with van der Waals surface area (Å²) < 4.78 is 6.04. The van der Waals surface area contributed by atoms with Crippen molar-refractivity contribution in [1.29, 1.82) is 0 Å². The van der Waals surface area contributed by atoms with Crippen molar-refractivity contribution in [2.75, 3.05) is 47.4 Å². The molecule has 1 aromatic rings. The van der Waals surface area contributed by atoms with Gasteiger partial charge in [-0.05, 0) is 31.2 Å².